The Labute approximate surface area is 135 Å². The van der Waals surface area contributed by atoms with Crippen LogP contribution < -0.4 is 5.73 Å². The van der Waals surface area contributed by atoms with Gasteiger partial charge in [-0.3, -0.25) is 0 Å². The lowest BCUT2D eigenvalue weighted by Crippen LogP contribution is -2.39. The van der Waals surface area contributed by atoms with E-state index in [1.165, 1.54) is 12.5 Å². The molecule has 4 heteroatoms. The Morgan fingerprint density at radius 3 is 2.70 bits per heavy atom. The topological polar surface area (TPSA) is 72.5 Å². The quantitative estimate of drug-likeness (QED) is 0.854. The van der Waals surface area contributed by atoms with Crippen molar-refractivity contribution in [1.29, 1.82) is 0 Å². The number of hydrogen-bond donors (Lipinski definition) is 2. The molecule has 0 bridgehead atoms. The van der Waals surface area contributed by atoms with Crippen LogP contribution in [-0.4, -0.2) is 24.7 Å². The minimum absolute atomic E-state index is 0.127. The highest BCUT2D eigenvalue weighted by molar-refractivity contribution is 5.89. The molecule has 1 aliphatic rings. The zero-order valence-electron chi connectivity index (χ0n) is 13.2. The average molecular weight is 311 g/mol. The van der Waals surface area contributed by atoms with Crippen LogP contribution >= 0.6 is 0 Å². The summed E-state index contributed by atoms with van der Waals surface area (Å²) in [5, 5.41) is 12.4. The fourth-order valence-electron chi connectivity index (χ4n) is 3.41. The largest absolute Gasteiger partial charge is 0.512 e. The normalized spacial score (nSPS) is 21.5. The summed E-state index contributed by atoms with van der Waals surface area (Å²) in [6.45, 7) is 0.416. The number of ether oxygens (including phenoxy) is 1. The fourth-order valence-corrected chi connectivity index (χ4v) is 3.41. The molecule has 3 N–H and O–H groups in total. The molecule has 2 aromatic carbocycles. The zero-order valence-corrected chi connectivity index (χ0v) is 13.2. The summed E-state index contributed by atoms with van der Waals surface area (Å²) in [6, 6.07) is 14.5. The number of allylic oxidation sites excluding steroid dienone is 1. The molecule has 0 aliphatic heterocycles. The number of carbonyl (C=O) groups is 1. The van der Waals surface area contributed by atoms with Gasteiger partial charge in [0.15, 0.2) is 0 Å². The third kappa shape index (κ3) is 2.70. The van der Waals surface area contributed by atoms with E-state index in [1.807, 2.05) is 12.1 Å². The maximum absolute atomic E-state index is 11.9. The number of nitrogens with two attached hydrogens (primary N) is 1. The molecular formula is C19H21NO3. The van der Waals surface area contributed by atoms with Crippen LogP contribution in [0, 0.1) is 0 Å². The van der Waals surface area contributed by atoms with E-state index in [0.717, 1.165) is 10.9 Å². The minimum Gasteiger partial charge on any atom is -0.512 e. The first kappa shape index (κ1) is 15.6. The number of hydrogen-bond acceptors (Lipinski definition) is 4. The van der Waals surface area contributed by atoms with Crippen molar-refractivity contribution in [2.45, 2.75) is 24.7 Å². The van der Waals surface area contributed by atoms with Gasteiger partial charge in [0.05, 0.1) is 12.7 Å². The van der Waals surface area contributed by atoms with Gasteiger partial charge in [-0.05, 0) is 29.2 Å². The second-order valence-electron chi connectivity index (χ2n) is 6.14. The van der Waals surface area contributed by atoms with Gasteiger partial charge < -0.3 is 15.6 Å². The Hall–Kier alpha value is -2.33. The number of carbonyl (C=O) groups excluding carboxylic acids is 1. The summed E-state index contributed by atoms with van der Waals surface area (Å²) in [5.41, 5.74) is 7.21. The molecular weight excluding hydrogens is 290 g/mol. The maximum atomic E-state index is 11.9. The van der Waals surface area contributed by atoms with Crippen LogP contribution in [0.3, 0.4) is 0 Å². The molecule has 0 spiro atoms. The first-order chi connectivity index (χ1) is 11.1. The van der Waals surface area contributed by atoms with E-state index < -0.39 is 5.97 Å². The number of rotatable bonds is 3. The van der Waals surface area contributed by atoms with Crippen LogP contribution in [0.1, 0.15) is 24.8 Å². The molecule has 120 valence electrons. The van der Waals surface area contributed by atoms with E-state index >= 15 is 0 Å². The van der Waals surface area contributed by atoms with Gasteiger partial charge >= 0.3 is 5.97 Å². The Bertz CT molecular complexity index is 781. The smallest absolute Gasteiger partial charge is 0.337 e. The SMILES string of the molecule is COC(=O)C1=C(O)CCC(CN)(c2ccc3ccccc3c2)C1. The molecule has 23 heavy (non-hydrogen) atoms. The Kier molecular flexibility index (Phi) is 4.09. The average Bonchev–Trinajstić information content (AvgIpc) is 2.61. The molecule has 0 radical (unpaired) electrons. The monoisotopic (exact) mass is 311 g/mol. The van der Waals surface area contributed by atoms with Crippen molar-refractivity contribution in [2.24, 2.45) is 5.73 Å². The van der Waals surface area contributed by atoms with Gasteiger partial charge in [0, 0.05) is 18.4 Å². The molecule has 0 amide bonds. The van der Waals surface area contributed by atoms with Crippen molar-refractivity contribution >= 4 is 16.7 Å². The molecule has 2 aromatic rings. The van der Waals surface area contributed by atoms with E-state index in [1.54, 1.807) is 0 Å². The van der Waals surface area contributed by atoms with Crippen LogP contribution in [0.5, 0.6) is 0 Å². The lowest BCUT2D eigenvalue weighted by molar-refractivity contribution is -0.136. The lowest BCUT2D eigenvalue weighted by atomic mass is 9.68. The van der Waals surface area contributed by atoms with Crippen LogP contribution in [0.15, 0.2) is 53.8 Å². The Morgan fingerprint density at radius 2 is 2.00 bits per heavy atom. The van der Waals surface area contributed by atoms with Gasteiger partial charge in [-0.15, -0.1) is 0 Å². The predicted octanol–water partition coefficient (Wildman–Crippen LogP) is 3.21. The molecule has 1 atom stereocenters. The van der Waals surface area contributed by atoms with E-state index in [-0.39, 0.29) is 11.2 Å². The lowest BCUT2D eigenvalue weighted by Gasteiger charge is -2.37. The molecule has 4 nitrogen and oxygen atoms in total. The highest BCUT2D eigenvalue weighted by Crippen LogP contribution is 2.41. The molecule has 0 saturated heterocycles. The van der Waals surface area contributed by atoms with Crippen molar-refractivity contribution < 1.29 is 14.6 Å². The van der Waals surface area contributed by atoms with Crippen molar-refractivity contribution in [3.8, 4) is 0 Å². The highest BCUT2D eigenvalue weighted by atomic mass is 16.5. The molecule has 0 fully saturated rings. The van der Waals surface area contributed by atoms with Gasteiger partial charge in [-0.1, -0.05) is 42.5 Å². The summed E-state index contributed by atoms with van der Waals surface area (Å²) < 4.78 is 4.81. The highest BCUT2D eigenvalue weighted by Gasteiger charge is 2.38. The number of methoxy groups -OCH3 is 1. The first-order valence-electron chi connectivity index (χ1n) is 7.78. The number of fused-ring (bicyclic) bond motifs is 1. The van der Waals surface area contributed by atoms with Gasteiger partial charge in [0.1, 0.15) is 5.76 Å². The minimum atomic E-state index is -0.471. The summed E-state index contributed by atoms with van der Waals surface area (Å²) in [6.07, 6.45) is 1.56. The second kappa shape index (κ2) is 6.05. The second-order valence-corrected chi connectivity index (χ2v) is 6.14. The molecule has 0 saturated carbocycles. The molecule has 1 aliphatic carbocycles. The molecule has 1 unspecified atom stereocenters. The van der Waals surface area contributed by atoms with Crippen molar-refractivity contribution in [2.75, 3.05) is 13.7 Å². The summed E-state index contributed by atoms with van der Waals surface area (Å²) in [4.78, 5) is 11.9. The van der Waals surface area contributed by atoms with Crippen molar-refractivity contribution in [3.05, 3.63) is 59.4 Å². The van der Waals surface area contributed by atoms with Gasteiger partial charge in [0.2, 0.25) is 0 Å². The van der Waals surface area contributed by atoms with Crippen LogP contribution in [0.2, 0.25) is 0 Å². The van der Waals surface area contributed by atoms with E-state index in [2.05, 4.69) is 30.3 Å². The number of aliphatic hydroxyl groups excluding tert-OH is 1. The number of benzene rings is 2. The predicted molar refractivity (Wildman–Crippen MR) is 90.2 cm³/mol. The number of esters is 1. The van der Waals surface area contributed by atoms with Gasteiger partial charge in [0.25, 0.3) is 0 Å². The van der Waals surface area contributed by atoms with Crippen molar-refractivity contribution in [1.82, 2.24) is 0 Å². The van der Waals surface area contributed by atoms with Gasteiger partial charge in [-0.2, -0.15) is 0 Å². The van der Waals surface area contributed by atoms with Crippen molar-refractivity contribution in [3.63, 3.8) is 0 Å². The summed E-state index contributed by atoms with van der Waals surface area (Å²) in [5.74, 6) is -0.345. The maximum Gasteiger partial charge on any atom is 0.337 e. The fraction of sp³-hybridized carbons (Fsp3) is 0.316. The van der Waals surface area contributed by atoms with E-state index in [4.69, 9.17) is 10.5 Å². The third-order valence-electron chi connectivity index (χ3n) is 4.89. The summed E-state index contributed by atoms with van der Waals surface area (Å²) >= 11 is 0. The number of aliphatic hydroxyl groups is 1. The first-order valence-corrected chi connectivity index (χ1v) is 7.78. The van der Waals surface area contributed by atoms with E-state index in [0.29, 0.717) is 31.4 Å². The van der Waals surface area contributed by atoms with Crippen LogP contribution in [0.4, 0.5) is 0 Å². The summed E-state index contributed by atoms with van der Waals surface area (Å²) in [7, 11) is 1.33. The third-order valence-corrected chi connectivity index (χ3v) is 4.89. The van der Waals surface area contributed by atoms with Gasteiger partial charge in [-0.25, -0.2) is 4.79 Å². The standard InChI is InChI=1S/C19H21NO3/c1-23-18(22)16-11-19(12-20,9-8-17(16)21)15-7-6-13-4-2-3-5-14(13)10-15/h2-7,10,21H,8-9,11-12,20H2,1H3. The van der Waals surface area contributed by atoms with Crippen LogP contribution in [-0.2, 0) is 14.9 Å². The van der Waals surface area contributed by atoms with E-state index in [9.17, 15) is 9.90 Å². The molecule has 0 aromatic heterocycles. The molecule has 3 rings (SSSR count). The Morgan fingerprint density at radius 1 is 1.26 bits per heavy atom. The molecule has 0 heterocycles. The zero-order chi connectivity index (χ0) is 16.4. The van der Waals surface area contributed by atoms with Crippen LogP contribution in [0.25, 0.3) is 10.8 Å². The Balaban J connectivity index is 2.05.